The number of fused-ring (bicyclic) bond motifs is 4. The molecule has 6 nitrogen and oxygen atoms in total. The summed E-state index contributed by atoms with van der Waals surface area (Å²) in [4.78, 5) is 23.5. The summed E-state index contributed by atoms with van der Waals surface area (Å²) in [6.07, 6.45) is 9.21. The van der Waals surface area contributed by atoms with Crippen molar-refractivity contribution in [1.82, 2.24) is 10.9 Å². The van der Waals surface area contributed by atoms with Gasteiger partial charge in [0.15, 0.2) is 0 Å². The molecule has 0 aromatic heterocycles. The van der Waals surface area contributed by atoms with Crippen molar-refractivity contribution in [2.75, 3.05) is 0 Å². The maximum Gasteiger partial charge on any atom is 0.331 e. The number of rotatable bonds is 2. The lowest BCUT2D eigenvalue weighted by molar-refractivity contribution is -0.139. The van der Waals surface area contributed by atoms with Crippen LogP contribution in [0.15, 0.2) is 10.2 Å². The van der Waals surface area contributed by atoms with Crippen molar-refractivity contribution in [2.24, 2.45) is 33.9 Å². The second kappa shape index (κ2) is 5.48. The summed E-state index contributed by atoms with van der Waals surface area (Å²) in [5, 5.41) is 8.31. The second-order valence-electron chi connectivity index (χ2n) is 7.25. The lowest BCUT2D eigenvalue weighted by Crippen LogP contribution is -2.36. The number of nitrogens with zero attached hydrogens (tertiary/aromatic N) is 2. The van der Waals surface area contributed by atoms with E-state index in [9.17, 15) is 9.59 Å². The van der Waals surface area contributed by atoms with Crippen molar-refractivity contribution in [2.45, 2.75) is 51.4 Å². The molecule has 22 heavy (non-hydrogen) atoms. The molecule has 0 saturated heterocycles. The standard InChI is InChI=1S/C16H22N4O2/c21-15(19-17-13-7-9-1-3-11(13)5-9)16(22)20-18-14-8-10-2-4-12(14)6-10/h9-12H,1-8H2,(H,19,21)(H,20,22)/b17-13-,18-14+/t9-,10+,11+,12+/m0/s1. The summed E-state index contributed by atoms with van der Waals surface area (Å²) in [6, 6.07) is 0. The molecule has 4 aliphatic rings. The molecule has 0 spiro atoms. The van der Waals surface area contributed by atoms with Crippen LogP contribution in [0.1, 0.15) is 51.4 Å². The summed E-state index contributed by atoms with van der Waals surface area (Å²) < 4.78 is 0. The predicted octanol–water partition coefficient (Wildman–Crippen LogP) is 1.57. The molecule has 4 aliphatic carbocycles. The lowest BCUT2D eigenvalue weighted by Gasteiger charge is -2.12. The van der Waals surface area contributed by atoms with Gasteiger partial charge in [-0.3, -0.25) is 9.59 Å². The molecule has 0 unspecified atom stereocenters. The van der Waals surface area contributed by atoms with Crippen LogP contribution in [0, 0.1) is 23.7 Å². The first kappa shape index (κ1) is 13.9. The molecule has 6 heteroatoms. The normalized spacial score (nSPS) is 38.9. The van der Waals surface area contributed by atoms with Crippen LogP contribution in [0.25, 0.3) is 0 Å². The summed E-state index contributed by atoms with van der Waals surface area (Å²) in [5.74, 6) is 1.06. The molecule has 118 valence electrons. The van der Waals surface area contributed by atoms with Crippen LogP contribution in [-0.4, -0.2) is 23.2 Å². The van der Waals surface area contributed by atoms with Crippen LogP contribution in [0.4, 0.5) is 0 Å². The maximum absolute atomic E-state index is 11.8. The molecule has 4 atom stereocenters. The van der Waals surface area contributed by atoms with Gasteiger partial charge in [0.2, 0.25) is 0 Å². The molecule has 4 fully saturated rings. The van der Waals surface area contributed by atoms with Crippen LogP contribution in [0.5, 0.6) is 0 Å². The zero-order chi connectivity index (χ0) is 15.1. The van der Waals surface area contributed by atoms with E-state index in [4.69, 9.17) is 0 Å². The minimum Gasteiger partial charge on any atom is -0.262 e. The van der Waals surface area contributed by atoms with Crippen LogP contribution >= 0.6 is 0 Å². The molecule has 4 rings (SSSR count). The first-order valence-corrected chi connectivity index (χ1v) is 8.42. The van der Waals surface area contributed by atoms with Crippen molar-refractivity contribution >= 4 is 23.2 Å². The number of carbonyl (C=O) groups excluding carboxylic acids is 2. The maximum atomic E-state index is 11.8. The molecular weight excluding hydrogens is 280 g/mol. The molecule has 2 amide bonds. The number of carbonyl (C=O) groups is 2. The molecule has 2 N–H and O–H groups in total. The van der Waals surface area contributed by atoms with Gasteiger partial charge in [-0.2, -0.15) is 10.2 Å². The van der Waals surface area contributed by atoms with Crippen molar-refractivity contribution in [3.63, 3.8) is 0 Å². The fraction of sp³-hybridized carbons (Fsp3) is 0.750. The molecule has 0 aromatic rings. The first-order chi connectivity index (χ1) is 10.7. The minimum absolute atomic E-state index is 0.516. The Morgan fingerprint density at radius 3 is 1.55 bits per heavy atom. The third kappa shape index (κ3) is 2.55. The van der Waals surface area contributed by atoms with Gasteiger partial charge in [-0.25, -0.2) is 10.9 Å². The Bertz CT molecular complexity index is 518. The van der Waals surface area contributed by atoms with E-state index in [-0.39, 0.29) is 0 Å². The van der Waals surface area contributed by atoms with Gasteiger partial charge in [0, 0.05) is 11.4 Å². The Morgan fingerprint density at radius 1 is 0.773 bits per heavy atom. The van der Waals surface area contributed by atoms with E-state index in [1.807, 2.05) is 0 Å². The largest absolute Gasteiger partial charge is 0.331 e. The highest BCUT2D eigenvalue weighted by Gasteiger charge is 2.37. The van der Waals surface area contributed by atoms with Gasteiger partial charge in [0.1, 0.15) is 0 Å². The van der Waals surface area contributed by atoms with Gasteiger partial charge in [-0.1, -0.05) is 0 Å². The SMILES string of the molecule is O=C(N/N=C1/C[C@H]2CC[C@@H]1C2)C(=O)N/N=C1\C[C@@H]2CC[C@@H]1C2. The van der Waals surface area contributed by atoms with E-state index >= 15 is 0 Å². The van der Waals surface area contributed by atoms with Crippen LogP contribution in [-0.2, 0) is 9.59 Å². The minimum atomic E-state index is -0.720. The number of amides is 2. The number of hydrogen-bond acceptors (Lipinski definition) is 4. The molecule has 0 radical (unpaired) electrons. The Hall–Kier alpha value is -1.72. The van der Waals surface area contributed by atoms with Gasteiger partial charge in [0.25, 0.3) is 0 Å². The fourth-order valence-corrected chi connectivity index (χ4v) is 4.67. The smallest absolute Gasteiger partial charge is 0.262 e. The average Bonchev–Trinajstić information content (AvgIpc) is 3.30. The predicted molar refractivity (Wildman–Crippen MR) is 82.1 cm³/mol. The summed E-state index contributed by atoms with van der Waals surface area (Å²) in [6.45, 7) is 0. The van der Waals surface area contributed by atoms with E-state index in [1.165, 1.54) is 38.5 Å². The van der Waals surface area contributed by atoms with E-state index < -0.39 is 11.8 Å². The van der Waals surface area contributed by atoms with Crippen molar-refractivity contribution < 1.29 is 9.59 Å². The quantitative estimate of drug-likeness (QED) is 0.599. The fourth-order valence-electron chi connectivity index (χ4n) is 4.67. The van der Waals surface area contributed by atoms with Gasteiger partial charge >= 0.3 is 11.8 Å². The highest BCUT2D eigenvalue weighted by molar-refractivity contribution is 6.35. The Kier molecular flexibility index (Phi) is 3.47. The number of hydrazone groups is 2. The molecule has 4 bridgehead atoms. The Morgan fingerprint density at radius 2 is 1.23 bits per heavy atom. The van der Waals surface area contributed by atoms with Crippen LogP contribution < -0.4 is 10.9 Å². The number of hydrogen-bond donors (Lipinski definition) is 2. The van der Waals surface area contributed by atoms with Gasteiger partial charge < -0.3 is 0 Å². The van der Waals surface area contributed by atoms with Gasteiger partial charge in [-0.05, 0) is 75.0 Å². The van der Waals surface area contributed by atoms with E-state index in [0.29, 0.717) is 11.8 Å². The van der Waals surface area contributed by atoms with Crippen molar-refractivity contribution in [3.05, 3.63) is 0 Å². The van der Waals surface area contributed by atoms with E-state index in [0.717, 1.165) is 36.1 Å². The van der Waals surface area contributed by atoms with Crippen LogP contribution in [0.3, 0.4) is 0 Å². The van der Waals surface area contributed by atoms with Gasteiger partial charge in [0.05, 0.1) is 0 Å². The third-order valence-electron chi connectivity index (χ3n) is 5.83. The molecule has 0 aliphatic heterocycles. The van der Waals surface area contributed by atoms with E-state index in [1.54, 1.807) is 0 Å². The lowest BCUT2D eigenvalue weighted by atomic mass is 9.99. The Balaban J connectivity index is 1.28. The second-order valence-corrected chi connectivity index (χ2v) is 7.25. The summed E-state index contributed by atoms with van der Waals surface area (Å²) in [5.41, 5.74) is 6.88. The molecular formula is C16H22N4O2. The third-order valence-corrected chi connectivity index (χ3v) is 5.83. The highest BCUT2D eigenvalue weighted by Crippen LogP contribution is 2.43. The first-order valence-electron chi connectivity index (χ1n) is 8.42. The van der Waals surface area contributed by atoms with Crippen molar-refractivity contribution in [1.29, 1.82) is 0 Å². The van der Waals surface area contributed by atoms with E-state index in [2.05, 4.69) is 21.1 Å². The molecule has 0 aromatic carbocycles. The highest BCUT2D eigenvalue weighted by atomic mass is 16.2. The average molecular weight is 302 g/mol. The monoisotopic (exact) mass is 302 g/mol. The Labute approximate surface area is 129 Å². The topological polar surface area (TPSA) is 82.9 Å². The zero-order valence-corrected chi connectivity index (χ0v) is 12.7. The summed E-state index contributed by atoms with van der Waals surface area (Å²) >= 11 is 0. The molecule has 0 heterocycles. The summed E-state index contributed by atoms with van der Waals surface area (Å²) in [7, 11) is 0. The number of nitrogens with one attached hydrogen (secondary N) is 2. The van der Waals surface area contributed by atoms with Gasteiger partial charge in [-0.15, -0.1) is 0 Å². The van der Waals surface area contributed by atoms with Crippen LogP contribution in [0.2, 0.25) is 0 Å². The molecule has 4 saturated carbocycles. The van der Waals surface area contributed by atoms with Crippen molar-refractivity contribution in [3.8, 4) is 0 Å². The zero-order valence-electron chi connectivity index (χ0n) is 12.7.